The molecule has 1 unspecified atom stereocenters. The Bertz CT molecular complexity index is 1460. The summed E-state index contributed by atoms with van der Waals surface area (Å²) in [5.74, 6) is -1.14. The molecule has 1 aliphatic heterocycles. The van der Waals surface area contributed by atoms with Gasteiger partial charge in [-0.25, -0.2) is 4.98 Å². The topological polar surface area (TPSA) is 79.7 Å². The van der Waals surface area contributed by atoms with Crippen molar-refractivity contribution in [2.75, 3.05) is 12.0 Å². The Morgan fingerprint density at radius 2 is 1.79 bits per heavy atom. The Hall–Kier alpha value is -3.20. The number of halogens is 2. The van der Waals surface area contributed by atoms with Crippen molar-refractivity contribution in [1.29, 1.82) is 0 Å². The molecule has 1 amide bonds. The second-order valence-corrected chi connectivity index (χ2v) is 9.92. The van der Waals surface area contributed by atoms with E-state index in [2.05, 4.69) is 20.9 Å². The quantitative estimate of drug-likeness (QED) is 0.180. The van der Waals surface area contributed by atoms with Crippen LogP contribution in [-0.4, -0.2) is 28.9 Å². The van der Waals surface area contributed by atoms with Gasteiger partial charge in [0.15, 0.2) is 5.13 Å². The van der Waals surface area contributed by atoms with Crippen LogP contribution >= 0.6 is 38.9 Å². The molecule has 3 aromatic carbocycles. The Balaban J connectivity index is 1.71. The van der Waals surface area contributed by atoms with E-state index in [4.69, 9.17) is 16.3 Å². The predicted molar refractivity (Wildman–Crippen MR) is 137 cm³/mol. The number of hydrogen-bond donors (Lipinski definition) is 1. The van der Waals surface area contributed by atoms with Crippen LogP contribution in [0.5, 0.6) is 5.75 Å². The first-order valence-corrected chi connectivity index (χ1v) is 12.1. The first-order chi connectivity index (χ1) is 16.4. The maximum atomic E-state index is 13.3. The van der Waals surface area contributed by atoms with Gasteiger partial charge in [0.25, 0.3) is 5.78 Å². The summed E-state index contributed by atoms with van der Waals surface area (Å²) in [5, 5.41) is 12.0. The number of fused-ring (bicyclic) bond motifs is 1. The number of hydrogen-bond acceptors (Lipinski definition) is 6. The molecule has 5 rings (SSSR count). The maximum absolute atomic E-state index is 13.3. The van der Waals surface area contributed by atoms with Gasteiger partial charge < -0.3 is 9.84 Å². The zero-order valence-electron chi connectivity index (χ0n) is 17.7. The number of anilines is 1. The zero-order chi connectivity index (χ0) is 24.0. The van der Waals surface area contributed by atoms with E-state index in [1.54, 1.807) is 55.6 Å². The van der Waals surface area contributed by atoms with Gasteiger partial charge in [-0.3, -0.25) is 14.5 Å². The SMILES string of the molecule is COc1ccc2nc(N3C(=O)C(=O)/C(=C(/O)c4ccc(Cl)cc4)C3c3ccc(Br)cc3)sc2c1. The number of carbonyl (C=O) groups excluding carboxylic acids is 2. The van der Waals surface area contributed by atoms with E-state index in [1.165, 1.54) is 16.2 Å². The first kappa shape index (κ1) is 22.6. The second kappa shape index (κ2) is 8.87. The van der Waals surface area contributed by atoms with Gasteiger partial charge in [-0.1, -0.05) is 51.0 Å². The fraction of sp³-hybridized carbons (Fsp3) is 0.0800. The third-order valence-electron chi connectivity index (χ3n) is 5.54. The first-order valence-electron chi connectivity index (χ1n) is 10.1. The number of carbonyl (C=O) groups is 2. The average Bonchev–Trinajstić information content (AvgIpc) is 3.37. The van der Waals surface area contributed by atoms with Gasteiger partial charge in [0, 0.05) is 15.1 Å². The van der Waals surface area contributed by atoms with Crippen LogP contribution in [0, 0.1) is 0 Å². The van der Waals surface area contributed by atoms with Gasteiger partial charge in [-0.2, -0.15) is 0 Å². The van der Waals surface area contributed by atoms with Gasteiger partial charge in [0.1, 0.15) is 11.5 Å². The molecule has 0 saturated carbocycles. The van der Waals surface area contributed by atoms with Crippen molar-refractivity contribution in [3.05, 3.63) is 92.9 Å². The normalized spacial score (nSPS) is 17.5. The van der Waals surface area contributed by atoms with Crippen molar-refractivity contribution in [2.45, 2.75) is 6.04 Å². The summed E-state index contributed by atoms with van der Waals surface area (Å²) in [4.78, 5) is 32.5. The van der Waals surface area contributed by atoms with E-state index in [9.17, 15) is 14.7 Å². The summed E-state index contributed by atoms with van der Waals surface area (Å²) in [7, 11) is 1.58. The molecule has 1 fully saturated rings. The largest absolute Gasteiger partial charge is 0.507 e. The molecule has 1 saturated heterocycles. The number of nitrogens with zero attached hydrogens (tertiary/aromatic N) is 2. The number of aliphatic hydroxyl groups is 1. The molecule has 0 radical (unpaired) electrons. The minimum absolute atomic E-state index is 0.00789. The van der Waals surface area contributed by atoms with Crippen LogP contribution in [0.2, 0.25) is 5.02 Å². The van der Waals surface area contributed by atoms with E-state index in [-0.39, 0.29) is 11.3 Å². The number of methoxy groups -OCH3 is 1. The van der Waals surface area contributed by atoms with Gasteiger partial charge in [-0.05, 0) is 60.2 Å². The van der Waals surface area contributed by atoms with Crippen LogP contribution in [-0.2, 0) is 9.59 Å². The molecule has 34 heavy (non-hydrogen) atoms. The highest BCUT2D eigenvalue weighted by Gasteiger charge is 2.48. The number of rotatable bonds is 4. The minimum atomic E-state index is -0.855. The van der Waals surface area contributed by atoms with Crippen molar-refractivity contribution in [3.8, 4) is 5.75 Å². The van der Waals surface area contributed by atoms with Gasteiger partial charge in [0.05, 0.1) is 28.9 Å². The number of aliphatic hydroxyl groups excluding tert-OH is 1. The Morgan fingerprint density at radius 3 is 2.47 bits per heavy atom. The lowest BCUT2D eigenvalue weighted by Crippen LogP contribution is -2.29. The fourth-order valence-corrected chi connectivity index (χ4v) is 5.29. The summed E-state index contributed by atoms with van der Waals surface area (Å²) < 4.78 is 6.95. The van der Waals surface area contributed by atoms with Gasteiger partial charge in [-0.15, -0.1) is 0 Å². The van der Waals surface area contributed by atoms with Crippen molar-refractivity contribution < 1.29 is 19.4 Å². The molecule has 4 aromatic rings. The van der Waals surface area contributed by atoms with Crippen molar-refractivity contribution in [1.82, 2.24) is 4.98 Å². The highest BCUT2D eigenvalue weighted by atomic mass is 79.9. The Morgan fingerprint density at radius 1 is 1.09 bits per heavy atom. The number of benzene rings is 3. The number of thiazole rings is 1. The number of amides is 1. The zero-order valence-corrected chi connectivity index (χ0v) is 20.8. The highest BCUT2D eigenvalue weighted by molar-refractivity contribution is 9.10. The lowest BCUT2D eigenvalue weighted by Gasteiger charge is -2.23. The molecule has 0 spiro atoms. The van der Waals surface area contributed by atoms with Gasteiger partial charge in [0.2, 0.25) is 0 Å². The molecule has 1 atom stereocenters. The summed E-state index contributed by atoms with van der Waals surface area (Å²) in [6.07, 6.45) is 0. The molecule has 1 N–H and O–H groups in total. The van der Waals surface area contributed by atoms with Crippen LogP contribution in [0.3, 0.4) is 0 Å². The molecule has 0 aliphatic carbocycles. The van der Waals surface area contributed by atoms with Crippen molar-refractivity contribution >= 4 is 71.7 Å². The molecule has 1 aliphatic rings. The highest BCUT2D eigenvalue weighted by Crippen LogP contribution is 2.44. The smallest absolute Gasteiger partial charge is 0.301 e. The molecular formula is C25H16BrClN2O4S. The number of ketones is 1. The maximum Gasteiger partial charge on any atom is 0.301 e. The Kier molecular flexibility index (Phi) is 5.89. The third-order valence-corrected chi connectivity index (χ3v) is 7.34. The monoisotopic (exact) mass is 554 g/mol. The van der Waals surface area contributed by atoms with E-state index in [1.807, 2.05) is 18.2 Å². The third kappa shape index (κ3) is 3.87. The predicted octanol–water partition coefficient (Wildman–Crippen LogP) is 6.35. The lowest BCUT2D eigenvalue weighted by atomic mass is 9.95. The minimum Gasteiger partial charge on any atom is -0.507 e. The van der Waals surface area contributed by atoms with Crippen LogP contribution in [0.15, 0.2) is 76.8 Å². The van der Waals surface area contributed by atoms with Crippen molar-refractivity contribution in [3.63, 3.8) is 0 Å². The molecule has 1 aromatic heterocycles. The van der Waals surface area contributed by atoms with E-state index >= 15 is 0 Å². The Labute approximate surface area is 212 Å². The molecule has 6 nitrogen and oxygen atoms in total. The van der Waals surface area contributed by atoms with E-state index in [0.717, 1.165) is 9.17 Å². The van der Waals surface area contributed by atoms with Gasteiger partial charge >= 0.3 is 5.91 Å². The average molecular weight is 556 g/mol. The fourth-order valence-electron chi connectivity index (χ4n) is 3.88. The van der Waals surface area contributed by atoms with Crippen LogP contribution < -0.4 is 9.64 Å². The summed E-state index contributed by atoms with van der Waals surface area (Å²) >= 11 is 10.7. The van der Waals surface area contributed by atoms with Crippen molar-refractivity contribution in [2.24, 2.45) is 0 Å². The summed E-state index contributed by atoms with van der Waals surface area (Å²) in [6, 6.07) is 18.2. The van der Waals surface area contributed by atoms with E-state index < -0.39 is 17.7 Å². The number of Topliss-reactive ketones (excluding diaryl/α,β-unsaturated/α-hetero) is 1. The lowest BCUT2D eigenvalue weighted by molar-refractivity contribution is -0.132. The van der Waals surface area contributed by atoms with Crippen LogP contribution in [0.4, 0.5) is 5.13 Å². The number of aromatic nitrogens is 1. The molecule has 9 heteroatoms. The van der Waals surface area contributed by atoms with E-state index in [0.29, 0.717) is 32.5 Å². The summed E-state index contributed by atoms with van der Waals surface area (Å²) in [6.45, 7) is 0. The summed E-state index contributed by atoms with van der Waals surface area (Å²) in [5.41, 5.74) is 1.72. The van der Waals surface area contributed by atoms with Crippen LogP contribution in [0.25, 0.3) is 16.0 Å². The number of ether oxygens (including phenoxy) is 1. The molecule has 2 heterocycles. The standard InChI is InChI=1S/C25H16BrClN2O4S/c1-33-17-10-11-18-19(12-17)34-25(28-18)29-21(13-2-6-15(26)7-3-13)20(23(31)24(29)32)22(30)14-4-8-16(27)9-5-14/h2-12,21,30H,1H3/b22-20+. The molecule has 170 valence electrons. The second-order valence-electron chi connectivity index (χ2n) is 7.56. The van der Waals surface area contributed by atoms with Crippen LogP contribution in [0.1, 0.15) is 17.2 Å². The molecular weight excluding hydrogens is 540 g/mol. The molecule has 0 bridgehead atoms.